The summed E-state index contributed by atoms with van der Waals surface area (Å²) in [4.78, 5) is 14.1. The maximum Gasteiger partial charge on any atom is 0.255 e. The number of halogens is 1. The molecule has 0 spiro atoms. The van der Waals surface area contributed by atoms with Crippen LogP contribution in [0.25, 0.3) is 0 Å². The maximum atomic E-state index is 12.2. The number of hydrogen-bond acceptors (Lipinski definition) is 1. The zero-order valence-corrected chi connectivity index (χ0v) is 10.4. The van der Waals surface area contributed by atoms with Gasteiger partial charge < -0.3 is 4.90 Å². The van der Waals surface area contributed by atoms with Gasteiger partial charge in [0.25, 0.3) is 5.91 Å². The smallest absolute Gasteiger partial charge is 0.255 e. The van der Waals surface area contributed by atoms with Crippen LogP contribution >= 0.6 is 11.6 Å². The minimum atomic E-state index is 0.0676. The van der Waals surface area contributed by atoms with Gasteiger partial charge in [0.05, 0.1) is 10.6 Å². The molecule has 1 fully saturated rings. The molecule has 0 saturated carbocycles. The summed E-state index contributed by atoms with van der Waals surface area (Å²) in [6.45, 7) is 5.85. The molecule has 1 unspecified atom stereocenters. The van der Waals surface area contributed by atoms with E-state index >= 15 is 0 Å². The molecule has 86 valence electrons. The molecule has 1 amide bonds. The van der Waals surface area contributed by atoms with Crippen LogP contribution in [0.1, 0.15) is 29.3 Å². The van der Waals surface area contributed by atoms with Crippen molar-refractivity contribution >= 4 is 17.5 Å². The van der Waals surface area contributed by atoms with E-state index < -0.39 is 0 Å². The van der Waals surface area contributed by atoms with E-state index in [0.29, 0.717) is 16.5 Å². The fourth-order valence-electron chi connectivity index (χ4n) is 2.09. The maximum absolute atomic E-state index is 12.2. The average Bonchev–Trinajstić information content (AvgIpc) is 2.67. The Labute approximate surface area is 101 Å². The van der Waals surface area contributed by atoms with Crippen LogP contribution in [0.5, 0.6) is 0 Å². The zero-order chi connectivity index (χ0) is 11.7. The second-order valence-electron chi connectivity index (χ2n) is 4.63. The molecular weight excluding hydrogens is 222 g/mol. The highest BCUT2D eigenvalue weighted by Gasteiger charge is 2.25. The van der Waals surface area contributed by atoms with Crippen LogP contribution in [0.3, 0.4) is 0 Å². The van der Waals surface area contributed by atoms with E-state index in [0.717, 1.165) is 25.1 Å². The Kier molecular flexibility index (Phi) is 3.20. The Hall–Kier alpha value is -1.02. The van der Waals surface area contributed by atoms with Gasteiger partial charge >= 0.3 is 0 Å². The number of carbonyl (C=O) groups excluding carboxylic acids is 1. The SMILES string of the molecule is Cc1ccc(Cl)c(C(=O)N2CCC(C)C2)c1. The van der Waals surface area contributed by atoms with E-state index in [9.17, 15) is 4.79 Å². The van der Waals surface area contributed by atoms with Gasteiger partial charge in [-0.15, -0.1) is 0 Å². The Balaban J connectivity index is 2.23. The van der Waals surface area contributed by atoms with Crippen molar-refractivity contribution in [1.82, 2.24) is 4.90 Å². The Morgan fingerprint density at radius 2 is 2.25 bits per heavy atom. The van der Waals surface area contributed by atoms with Gasteiger partial charge in [-0.25, -0.2) is 0 Å². The standard InChI is InChI=1S/C13H16ClNO/c1-9-3-4-12(14)11(7-9)13(16)15-6-5-10(2)8-15/h3-4,7,10H,5-6,8H2,1-2H3. The first-order valence-corrected chi connectivity index (χ1v) is 6.01. The summed E-state index contributed by atoms with van der Waals surface area (Å²) in [6, 6.07) is 5.59. The van der Waals surface area contributed by atoms with Crippen molar-refractivity contribution in [3.8, 4) is 0 Å². The van der Waals surface area contributed by atoms with Crippen molar-refractivity contribution in [2.75, 3.05) is 13.1 Å². The van der Waals surface area contributed by atoms with E-state index in [-0.39, 0.29) is 5.91 Å². The summed E-state index contributed by atoms with van der Waals surface area (Å²) in [5, 5.41) is 0.551. The Morgan fingerprint density at radius 1 is 1.50 bits per heavy atom. The van der Waals surface area contributed by atoms with E-state index in [1.807, 2.05) is 24.0 Å². The van der Waals surface area contributed by atoms with E-state index in [2.05, 4.69) is 6.92 Å². The average molecular weight is 238 g/mol. The first kappa shape index (κ1) is 11.5. The number of carbonyl (C=O) groups is 1. The van der Waals surface area contributed by atoms with Crippen molar-refractivity contribution in [3.63, 3.8) is 0 Å². The van der Waals surface area contributed by atoms with Gasteiger partial charge in [0.1, 0.15) is 0 Å². The minimum absolute atomic E-state index is 0.0676. The van der Waals surface area contributed by atoms with Gasteiger partial charge in [0, 0.05) is 13.1 Å². The zero-order valence-electron chi connectivity index (χ0n) is 9.66. The van der Waals surface area contributed by atoms with Crippen LogP contribution in [0.2, 0.25) is 5.02 Å². The summed E-state index contributed by atoms with van der Waals surface area (Å²) < 4.78 is 0. The molecule has 1 aromatic carbocycles. The quantitative estimate of drug-likeness (QED) is 0.735. The van der Waals surface area contributed by atoms with Gasteiger partial charge in [-0.3, -0.25) is 4.79 Å². The number of amides is 1. The van der Waals surface area contributed by atoms with Gasteiger partial charge in [0.2, 0.25) is 0 Å². The molecule has 3 heteroatoms. The number of hydrogen-bond donors (Lipinski definition) is 0. The predicted molar refractivity (Wildman–Crippen MR) is 65.9 cm³/mol. The topological polar surface area (TPSA) is 20.3 Å². The lowest BCUT2D eigenvalue weighted by molar-refractivity contribution is 0.0788. The summed E-state index contributed by atoms with van der Waals surface area (Å²) in [6.07, 6.45) is 1.09. The molecule has 0 aromatic heterocycles. The molecule has 1 saturated heterocycles. The Bertz CT molecular complexity index is 416. The van der Waals surface area contributed by atoms with Crippen LogP contribution in [0, 0.1) is 12.8 Å². The highest BCUT2D eigenvalue weighted by Crippen LogP contribution is 2.23. The summed E-state index contributed by atoms with van der Waals surface area (Å²) in [5.74, 6) is 0.672. The van der Waals surface area contributed by atoms with Crippen LogP contribution in [-0.4, -0.2) is 23.9 Å². The number of nitrogens with zero attached hydrogens (tertiary/aromatic N) is 1. The highest BCUT2D eigenvalue weighted by molar-refractivity contribution is 6.33. The predicted octanol–water partition coefficient (Wildman–Crippen LogP) is 3.13. The van der Waals surface area contributed by atoms with Gasteiger partial charge in [-0.1, -0.05) is 30.2 Å². The molecule has 1 atom stereocenters. The monoisotopic (exact) mass is 237 g/mol. The van der Waals surface area contributed by atoms with Gasteiger partial charge in [0.15, 0.2) is 0 Å². The van der Waals surface area contributed by atoms with Crippen LogP contribution in [-0.2, 0) is 0 Å². The molecule has 2 nitrogen and oxygen atoms in total. The molecule has 16 heavy (non-hydrogen) atoms. The summed E-state index contributed by atoms with van der Waals surface area (Å²) in [5.41, 5.74) is 1.70. The fourth-order valence-corrected chi connectivity index (χ4v) is 2.29. The Morgan fingerprint density at radius 3 is 2.88 bits per heavy atom. The molecule has 0 aliphatic carbocycles. The highest BCUT2D eigenvalue weighted by atomic mass is 35.5. The van der Waals surface area contributed by atoms with Gasteiger partial charge in [-0.2, -0.15) is 0 Å². The molecule has 0 bridgehead atoms. The lowest BCUT2D eigenvalue weighted by Crippen LogP contribution is -2.28. The lowest BCUT2D eigenvalue weighted by atomic mass is 10.1. The molecule has 1 heterocycles. The largest absolute Gasteiger partial charge is 0.338 e. The molecular formula is C13H16ClNO. The van der Waals surface area contributed by atoms with Crippen LogP contribution in [0.15, 0.2) is 18.2 Å². The lowest BCUT2D eigenvalue weighted by Gasteiger charge is -2.17. The third-order valence-corrected chi connectivity index (χ3v) is 3.39. The second kappa shape index (κ2) is 4.46. The van der Waals surface area contributed by atoms with E-state index in [4.69, 9.17) is 11.6 Å². The number of likely N-dealkylation sites (tertiary alicyclic amines) is 1. The van der Waals surface area contributed by atoms with E-state index in [1.165, 1.54) is 0 Å². The summed E-state index contributed by atoms with van der Waals surface area (Å²) >= 11 is 6.06. The third-order valence-electron chi connectivity index (χ3n) is 3.06. The fraction of sp³-hybridized carbons (Fsp3) is 0.462. The molecule has 1 aromatic rings. The van der Waals surface area contributed by atoms with Gasteiger partial charge in [-0.05, 0) is 31.4 Å². The number of rotatable bonds is 1. The first-order valence-electron chi connectivity index (χ1n) is 5.63. The molecule has 0 radical (unpaired) electrons. The minimum Gasteiger partial charge on any atom is -0.338 e. The van der Waals surface area contributed by atoms with E-state index in [1.54, 1.807) is 6.07 Å². The van der Waals surface area contributed by atoms with Crippen molar-refractivity contribution in [2.24, 2.45) is 5.92 Å². The van der Waals surface area contributed by atoms with Crippen LogP contribution in [0.4, 0.5) is 0 Å². The molecule has 0 N–H and O–H groups in total. The van der Waals surface area contributed by atoms with Crippen molar-refractivity contribution < 1.29 is 4.79 Å². The molecule has 2 rings (SSSR count). The summed E-state index contributed by atoms with van der Waals surface area (Å²) in [7, 11) is 0. The normalized spacial score (nSPS) is 20.2. The van der Waals surface area contributed by atoms with Crippen molar-refractivity contribution in [2.45, 2.75) is 20.3 Å². The number of benzene rings is 1. The van der Waals surface area contributed by atoms with Crippen LogP contribution < -0.4 is 0 Å². The molecule has 1 aliphatic heterocycles. The number of aryl methyl sites for hydroxylation is 1. The third kappa shape index (κ3) is 2.22. The van der Waals surface area contributed by atoms with Crippen molar-refractivity contribution in [1.29, 1.82) is 0 Å². The second-order valence-corrected chi connectivity index (χ2v) is 5.04. The molecule has 1 aliphatic rings. The van der Waals surface area contributed by atoms with Crippen molar-refractivity contribution in [3.05, 3.63) is 34.3 Å². The first-order chi connectivity index (χ1) is 7.58.